The van der Waals surface area contributed by atoms with Gasteiger partial charge in [-0.15, -0.1) is 0 Å². The lowest BCUT2D eigenvalue weighted by Gasteiger charge is -2.02. The van der Waals surface area contributed by atoms with Crippen molar-refractivity contribution in [1.82, 2.24) is 9.97 Å². The Balaban J connectivity index is 2.13. The molecule has 1 heterocycles. The first-order valence-electron chi connectivity index (χ1n) is 4.29. The molecule has 72 valence electrons. The van der Waals surface area contributed by atoms with Crippen LogP contribution < -0.4 is 0 Å². The van der Waals surface area contributed by atoms with Gasteiger partial charge in [0.2, 0.25) is 0 Å². The largest absolute Gasteiger partial charge is 0.393 e. The van der Waals surface area contributed by atoms with Crippen molar-refractivity contribution in [2.75, 3.05) is 5.75 Å². The van der Waals surface area contributed by atoms with Gasteiger partial charge in [-0.2, -0.15) is 11.8 Å². The van der Waals surface area contributed by atoms with Crippen LogP contribution in [0.25, 0.3) is 0 Å². The molecule has 0 spiro atoms. The fourth-order valence-corrected chi connectivity index (χ4v) is 1.87. The second-order valence-electron chi connectivity index (χ2n) is 2.89. The van der Waals surface area contributed by atoms with Crippen molar-refractivity contribution in [3.05, 3.63) is 24.3 Å². The van der Waals surface area contributed by atoms with Crippen molar-refractivity contribution >= 4 is 11.8 Å². The monoisotopic (exact) mass is 198 g/mol. The normalized spacial score (nSPS) is 12.8. The number of rotatable bonds is 5. The number of hydrogen-bond donors (Lipinski definition) is 1. The third-order valence-corrected chi connectivity index (χ3v) is 2.60. The molecule has 0 bridgehead atoms. The first-order valence-corrected chi connectivity index (χ1v) is 5.45. The molecule has 0 aromatic carbocycles. The maximum absolute atomic E-state index is 9.01. The molecule has 1 unspecified atom stereocenters. The summed E-state index contributed by atoms with van der Waals surface area (Å²) in [6.07, 6.45) is 3.95. The van der Waals surface area contributed by atoms with Crippen LogP contribution in [0.1, 0.15) is 19.0 Å². The Morgan fingerprint density at radius 3 is 3.08 bits per heavy atom. The van der Waals surface area contributed by atoms with E-state index < -0.39 is 0 Å². The molecule has 0 radical (unpaired) electrons. The van der Waals surface area contributed by atoms with Crippen LogP contribution in [0.4, 0.5) is 0 Å². The molecule has 1 N–H and O–H groups in total. The van der Waals surface area contributed by atoms with Gasteiger partial charge in [-0.25, -0.2) is 9.97 Å². The first kappa shape index (κ1) is 10.5. The number of aromatic nitrogens is 2. The fraction of sp³-hybridized carbons (Fsp3) is 0.556. The summed E-state index contributed by atoms with van der Waals surface area (Å²) in [5.74, 6) is 1.87. The molecule has 13 heavy (non-hydrogen) atoms. The Hall–Kier alpha value is -0.610. The zero-order chi connectivity index (χ0) is 9.52. The van der Waals surface area contributed by atoms with Crippen molar-refractivity contribution in [2.45, 2.75) is 25.2 Å². The maximum Gasteiger partial charge on any atom is 0.115 e. The minimum atomic E-state index is -0.196. The van der Waals surface area contributed by atoms with Crippen LogP contribution in [0.5, 0.6) is 0 Å². The van der Waals surface area contributed by atoms with Gasteiger partial charge >= 0.3 is 0 Å². The second-order valence-corrected chi connectivity index (χ2v) is 4.00. The third kappa shape index (κ3) is 4.85. The highest BCUT2D eigenvalue weighted by Gasteiger charge is 1.97. The van der Waals surface area contributed by atoms with E-state index in [4.69, 9.17) is 5.11 Å². The predicted octanol–water partition coefficient (Wildman–Crippen LogP) is 1.48. The van der Waals surface area contributed by atoms with Crippen molar-refractivity contribution in [3.63, 3.8) is 0 Å². The maximum atomic E-state index is 9.01. The van der Waals surface area contributed by atoms with Gasteiger partial charge in [-0.3, -0.25) is 0 Å². The fourth-order valence-electron chi connectivity index (χ4n) is 0.834. The lowest BCUT2D eigenvalue weighted by atomic mass is 10.3. The predicted molar refractivity (Wildman–Crippen MR) is 54.5 cm³/mol. The molecule has 3 nitrogen and oxygen atoms in total. The summed E-state index contributed by atoms with van der Waals surface area (Å²) in [4.78, 5) is 7.94. The van der Waals surface area contributed by atoms with E-state index in [-0.39, 0.29) is 6.10 Å². The van der Waals surface area contributed by atoms with Crippen LogP contribution in [0.2, 0.25) is 0 Å². The van der Waals surface area contributed by atoms with E-state index in [0.717, 1.165) is 23.6 Å². The zero-order valence-corrected chi connectivity index (χ0v) is 8.50. The van der Waals surface area contributed by atoms with Crippen LogP contribution in [0.15, 0.2) is 18.6 Å². The molecule has 0 fully saturated rings. The van der Waals surface area contributed by atoms with E-state index in [9.17, 15) is 0 Å². The Labute approximate surface area is 82.6 Å². The lowest BCUT2D eigenvalue weighted by molar-refractivity contribution is 0.192. The van der Waals surface area contributed by atoms with Gasteiger partial charge in [0, 0.05) is 11.9 Å². The van der Waals surface area contributed by atoms with Gasteiger partial charge < -0.3 is 5.11 Å². The van der Waals surface area contributed by atoms with E-state index >= 15 is 0 Å². The van der Waals surface area contributed by atoms with E-state index in [2.05, 4.69) is 9.97 Å². The number of aliphatic hydroxyl groups is 1. The van der Waals surface area contributed by atoms with Crippen LogP contribution in [-0.2, 0) is 5.75 Å². The first-order chi connectivity index (χ1) is 6.29. The minimum Gasteiger partial charge on any atom is -0.393 e. The average Bonchev–Trinajstić information content (AvgIpc) is 2.14. The van der Waals surface area contributed by atoms with E-state index in [0.29, 0.717) is 0 Å². The van der Waals surface area contributed by atoms with Crippen molar-refractivity contribution in [3.8, 4) is 0 Å². The minimum absolute atomic E-state index is 0.196. The van der Waals surface area contributed by atoms with Crippen molar-refractivity contribution in [2.24, 2.45) is 0 Å². The highest BCUT2D eigenvalue weighted by molar-refractivity contribution is 7.98. The van der Waals surface area contributed by atoms with Gasteiger partial charge in [-0.05, 0) is 25.2 Å². The van der Waals surface area contributed by atoms with Crippen LogP contribution in [-0.4, -0.2) is 26.9 Å². The summed E-state index contributed by atoms with van der Waals surface area (Å²) in [5, 5.41) is 9.01. The molecule has 0 amide bonds. The Kier molecular flexibility index (Phi) is 4.78. The molecule has 0 aliphatic rings. The Bertz CT molecular complexity index is 228. The molecule has 0 saturated heterocycles. The molecule has 1 atom stereocenters. The molecule has 1 rings (SSSR count). The molecule has 1 aromatic rings. The number of hydrogen-bond acceptors (Lipinski definition) is 4. The molecular formula is C9H14N2OS. The third-order valence-electron chi connectivity index (χ3n) is 1.57. The highest BCUT2D eigenvalue weighted by Crippen LogP contribution is 2.10. The molecule has 1 aromatic heterocycles. The van der Waals surface area contributed by atoms with Crippen molar-refractivity contribution < 1.29 is 5.11 Å². The molecule has 0 aliphatic heterocycles. The number of aliphatic hydroxyl groups excluding tert-OH is 1. The van der Waals surface area contributed by atoms with Crippen LogP contribution in [0, 0.1) is 0 Å². The lowest BCUT2D eigenvalue weighted by Crippen LogP contribution is -2.00. The number of nitrogens with zero attached hydrogens (tertiary/aromatic N) is 2. The topological polar surface area (TPSA) is 46.0 Å². The van der Waals surface area contributed by atoms with E-state index in [1.54, 1.807) is 24.3 Å². The Morgan fingerprint density at radius 1 is 1.62 bits per heavy atom. The number of thioether (sulfide) groups is 1. The molecule has 0 saturated carbocycles. The van der Waals surface area contributed by atoms with Gasteiger partial charge in [0.1, 0.15) is 6.33 Å². The summed E-state index contributed by atoms with van der Waals surface area (Å²) >= 11 is 1.78. The smallest absolute Gasteiger partial charge is 0.115 e. The summed E-state index contributed by atoms with van der Waals surface area (Å²) < 4.78 is 0. The van der Waals surface area contributed by atoms with Crippen LogP contribution >= 0.6 is 11.8 Å². The van der Waals surface area contributed by atoms with Gasteiger partial charge in [-0.1, -0.05) is 0 Å². The second kappa shape index (κ2) is 5.94. The SMILES string of the molecule is CC(O)CCSCc1ccncn1. The summed E-state index contributed by atoms with van der Waals surface area (Å²) in [6.45, 7) is 1.81. The van der Waals surface area contributed by atoms with Crippen molar-refractivity contribution in [1.29, 1.82) is 0 Å². The van der Waals surface area contributed by atoms with Crippen LogP contribution in [0.3, 0.4) is 0 Å². The van der Waals surface area contributed by atoms with Gasteiger partial charge in [0.15, 0.2) is 0 Å². The zero-order valence-electron chi connectivity index (χ0n) is 7.68. The van der Waals surface area contributed by atoms with E-state index in [1.165, 1.54) is 0 Å². The van der Waals surface area contributed by atoms with E-state index in [1.807, 2.05) is 13.0 Å². The van der Waals surface area contributed by atoms with Gasteiger partial charge in [0.05, 0.1) is 11.8 Å². The Morgan fingerprint density at radius 2 is 2.46 bits per heavy atom. The standard InChI is InChI=1S/C9H14N2OS/c1-8(12)3-5-13-6-9-2-4-10-7-11-9/h2,4,7-8,12H,3,5-6H2,1H3. The summed E-state index contributed by atoms with van der Waals surface area (Å²) in [5.41, 5.74) is 1.05. The molecule has 4 heteroatoms. The molecular weight excluding hydrogens is 184 g/mol. The average molecular weight is 198 g/mol. The highest BCUT2D eigenvalue weighted by atomic mass is 32.2. The quantitative estimate of drug-likeness (QED) is 0.728. The summed E-state index contributed by atoms with van der Waals surface area (Å²) in [6, 6.07) is 1.91. The molecule has 0 aliphatic carbocycles. The van der Waals surface area contributed by atoms with Gasteiger partial charge in [0.25, 0.3) is 0 Å². The summed E-state index contributed by atoms with van der Waals surface area (Å²) in [7, 11) is 0.